The van der Waals surface area contributed by atoms with Gasteiger partial charge in [0.1, 0.15) is 5.76 Å². The van der Waals surface area contributed by atoms with Crippen LogP contribution in [0, 0.1) is 6.92 Å². The molecule has 0 bridgehead atoms. The summed E-state index contributed by atoms with van der Waals surface area (Å²) >= 11 is 0. The van der Waals surface area contributed by atoms with Crippen molar-refractivity contribution in [3.63, 3.8) is 0 Å². The highest BCUT2D eigenvalue weighted by Gasteiger charge is 2.14. The van der Waals surface area contributed by atoms with Gasteiger partial charge >= 0.3 is 0 Å². The third kappa shape index (κ3) is 6.40. The molecule has 0 unspecified atom stereocenters. The second kappa shape index (κ2) is 10.9. The first kappa shape index (κ1) is 22.0. The molecule has 0 saturated heterocycles. The second-order valence-electron chi connectivity index (χ2n) is 7.35. The molecule has 3 aromatic rings. The highest BCUT2D eigenvalue weighted by molar-refractivity contribution is 7.84. The molecule has 1 amide bonds. The third-order valence-corrected chi connectivity index (χ3v) is 6.29. The molecular weight excluding hydrogens is 396 g/mol. The minimum atomic E-state index is -1.21. The lowest BCUT2D eigenvalue weighted by Gasteiger charge is -2.16. The summed E-state index contributed by atoms with van der Waals surface area (Å²) in [4.78, 5) is 15.3. The number of hydrogen-bond donors (Lipinski definition) is 1. The molecule has 30 heavy (non-hydrogen) atoms. The summed E-state index contributed by atoms with van der Waals surface area (Å²) in [7, 11) is 0.866. The lowest BCUT2D eigenvalue weighted by molar-refractivity contribution is 0.0922. The van der Waals surface area contributed by atoms with E-state index in [0.717, 1.165) is 30.0 Å². The van der Waals surface area contributed by atoms with Gasteiger partial charge in [-0.05, 0) is 56.3 Å². The molecule has 1 aromatic heterocycles. The molecule has 0 aliphatic rings. The van der Waals surface area contributed by atoms with E-state index in [1.54, 1.807) is 12.1 Å². The number of rotatable bonds is 10. The number of aryl methyl sites for hydroxylation is 1. The molecule has 0 saturated carbocycles. The van der Waals surface area contributed by atoms with Crippen molar-refractivity contribution in [3.05, 3.63) is 89.4 Å². The lowest BCUT2D eigenvalue weighted by atomic mass is 10.2. The smallest absolute Gasteiger partial charge is 0.286 e. The average molecular weight is 425 g/mol. The van der Waals surface area contributed by atoms with E-state index < -0.39 is 10.8 Å². The molecule has 158 valence electrons. The van der Waals surface area contributed by atoms with Crippen LogP contribution in [0.3, 0.4) is 0 Å². The monoisotopic (exact) mass is 424 g/mol. The molecule has 0 radical (unpaired) electrons. The van der Waals surface area contributed by atoms with Crippen molar-refractivity contribution >= 4 is 16.7 Å². The fourth-order valence-electron chi connectivity index (χ4n) is 3.21. The average Bonchev–Trinajstić information content (AvgIpc) is 3.20. The van der Waals surface area contributed by atoms with E-state index in [4.69, 9.17) is 4.42 Å². The van der Waals surface area contributed by atoms with E-state index in [-0.39, 0.29) is 17.4 Å². The Balaban J connectivity index is 1.41. The lowest BCUT2D eigenvalue weighted by Crippen LogP contribution is -2.27. The Morgan fingerprint density at radius 2 is 1.77 bits per heavy atom. The van der Waals surface area contributed by atoms with E-state index in [0.29, 0.717) is 12.3 Å². The number of amides is 1. The predicted octanol–water partition coefficient (Wildman–Crippen LogP) is 4.15. The SMILES string of the molecule is Cc1ccccc1[S@@](=O)Cc1ccc(C(=O)NCCCN(C)Cc2ccccc2)o1. The van der Waals surface area contributed by atoms with E-state index in [1.807, 2.05) is 49.4 Å². The normalized spacial score (nSPS) is 12.1. The number of nitrogens with zero attached hydrogens (tertiary/aromatic N) is 1. The molecule has 0 aliphatic carbocycles. The summed E-state index contributed by atoms with van der Waals surface area (Å²) in [5, 5.41) is 2.89. The van der Waals surface area contributed by atoms with Gasteiger partial charge < -0.3 is 14.6 Å². The van der Waals surface area contributed by atoms with E-state index in [1.165, 1.54) is 5.56 Å². The van der Waals surface area contributed by atoms with Crippen molar-refractivity contribution in [1.82, 2.24) is 10.2 Å². The highest BCUT2D eigenvalue weighted by Crippen LogP contribution is 2.18. The van der Waals surface area contributed by atoms with Gasteiger partial charge in [-0.3, -0.25) is 9.00 Å². The summed E-state index contributed by atoms with van der Waals surface area (Å²) in [6.07, 6.45) is 0.847. The number of nitrogens with one attached hydrogen (secondary N) is 1. The third-order valence-electron chi connectivity index (χ3n) is 4.80. The molecule has 2 aromatic carbocycles. The van der Waals surface area contributed by atoms with Crippen molar-refractivity contribution in [1.29, 1.82) is 0 Å². The van der Waals surface area contributed by atoms with Gasteiger partial charge in [0, 0.05) is 18.0 Å². The van der Waals surface area contributed by atoms with Crippen LogP contribution in [0.25, 0.3) is 0 Å². The molecule has 3 rings (SSSR count). The Kier molecular flexibility index (Phi) is 7.99. The van der Waals surface area contributed by atoms with E-state index in [2.05, 4.69) is 29.4 Å². The number of hydrogen-bond acceptors (Lipinski definition) is 4. The second-order valence-corrected chi connectivity index (χ2v) is 8.77. The quantitative estimate of drug-likeness (QED) is 0.497. The van der Waals surface area contributed by atoms with Crippen LogP contribution >= 0.6 is 0 Å². The number of benzene rings is 2. The molecule has 5 nitrogen and oxygen atoms in total. The Morgan fingerprint density at radius 3 is 2.53 bits per heavy atom. The topological polar surface area (TPSA) is 62.6 Å². The standard InChI is InChI=1S/C24H28N2O3S/c1-19-9-6-7-12-23(19)30(28)18-21-13-14-22(29-21)24(27)25-15-8-16-26(2)17-20-10-4-3-5-11-20/h3-7,9-14H,8,15-18H2,1-2H3,(H,25,27)/t30-/m0/s1. The molecule has 1 heterocycles. The van der Waals surface area contributed by atoms with Gasteiger partial charge in [-0.2, -0.15) is 0 Å². The van der Waals surface area contributed by atoms with Gasteiger partial charge in [-0.1, -0.05) is 48.5 Å². The van der Waals surface area contributed by atoms with Crippen LogP contribution in [0.4, 0.5) is 0 Å². The van der Waals surface area contributed by atoms with Gasteiger partial charge in [0.25, 0.3) is 5.91 Å². The van der Waals surface area contributed by atoms with Gasteiger partial charge in [0.2, 0.25) is 0 Å². The number of carbonyl (C=O) groups excluding carboxylic acids is 1. The van der Waals surface area contributed by atoms with Gasteiger partial charge in [0.15, 0.2) is 5.76 Å². The van der Waals surface area contributed by atoms with Crippen molar-refractivity contribution in [2.75, 3.05) is 20.1 Å². The molecular formula is C24H28N2O3S. The first-order valence-electron chi connectivity index (χ1n) is 10.1. The molecule has 0 fully saturated rings. The van der Waals surface area contributed by atoms with Crippen molar-refractivity contribution in [2.24, 2.45) is 0 Å². The van der Waals surface area contributed by atoms with Gasteiger partial charge in [-0.15, -0.1) is 0 Å². The molecule has 1 N–H and O–H groups in total. The van der Waals surface area contributed by atoms with E-state index in [9.17, 15) is 9.00 Å². The maximum absolute atomic E-state index is 12.6. The Morgan fingerprint density at radius 1 is 1.03 bits per heavy atom. The van der Waals surface area contributed by atoms with Crippen LogP contribution in [0.2, 0.25) is 0 Å². The maximum atomic E-state index is 12.6. The van der Waals surface area contributed by atoms with Crippen LogP contribution in [0.1, 0.15) is 33.9 Å². The van der Waals surface area contributed by atoms with Crippen LogP contribution in [-0.2, 0) is 23.1 Å². The molecule has 1 atom stereocenters. The first-order valence-corrected chi connectivity index (χ1v) is 11.4. The zero-order valence-electron chi connectivity index (χ0n) is 17.5. The summed E-state index contributed by atoms with van der Waals surface area (Å²) in [6, 6.07) is 21.3. The first-order chi connectivity index (χ1) is 14.5. The van der Waals surface area contributed by atoms with Crippen molar-refractivity contribution in [3.8, 4) is 0 Å². The summed E-state index contributed by atoms with van der Waals surface area (Å²) in [6.45, 7) is 4.27. The van der Waals surface area contributed by atoms with Crippen LogP contribution in [0.5, 0.6) is 0 Å². The number of furan rings is 1. The Bertz CT molecular complexity index is 985. The summed E-state index contributed by atoms with van der Waals surface area (Å²) in [5.41, 5.74) is 2.26. The zero-order valence-corrected chi connectivity index (χ0v) is 18.3. The fraction of sp³-hybridized carbons (Fsp3) is 0.292. The van der Waals surface area contributed by atoms with Crippen LogP contribution < -0.4 is 5.32 Å². The largest absolute Gasteiger partial charge is 0.455 e. The minimum Gasteiger partial charge on any atom is -0.455 e. The summed E-state index contributed by atoms with van der Waals surface area (Å²) < 4.78 is 18.2. The molecule has 0 aliphatic heterocycles. The molecule has 6 heteroatoms. The fourth-order valence-corrected chi connectivity index (χ4v) is 4.44. The van der Waals surface area contributed by atoms with Gasteiger partial charge in [0.05, 0.1) is 16.6 Å². The van der Waals surface area contributed by atoms with Crippen LogP contribution in [-0.4, -0.2) is 35.2 Å². The minimum absolute atomic E-state index is 0.242. The zero-order chi connectivity index (χ0) is 21.3. The summed E-state index contributed by atoms with van der Waals surface area (Å²) in [5.74, 6) is 0.810. The van der Waals surface area contributed by atoms with Crippen molar-refractivity contribution < 1.29 is 13.4 Å². The highest BCUT2D eigenvalue weighted by atomic mass is 32.2. The molecule has 0 spiro atoms. The predicted molar refractivity (Wildman–Crippen MR) is 120 cm³/mol. The van der Waals surface area contributed by atoms with Gasteiger partial charge in [-0.25, -0.2) is 0 Å². The van der Waals surface area contributed by atoms with Crippen molar-refractivity contribution in [2.45, 2.75) is 30.5 Å². The Hall–Kier alpha value is -2.70. The van der Waals surface area contributed by atoms with E-state index >= 15 is 0 Å². The van der Waals surface area contributed by atoms with Crippen LogP contribution in [0.15, 0.2) is 76.0 Å². The number of carbonyl (C=O) groups is 1. The Labute approximate surface area is 180 Å². The maximum Gasteiger partial charge on any atom is 0.286 e.